The van der Waals surface area contributed by atoms with E-state index in [9.17, 15) is 4.79 Å². The van der Waals surface area contributed by atoms with Gasteiger partial charge in [-0.3, -0.25) is 10.6 Å². The molecule has 0 saturated carbocycles. The van der Waals surface area contributed by atoms with E-state index in [1.165, 1.54) is 0 Å². The smallest absolute Gasteiger partial charge is 0.253 e. The third-order valence-electron chi connectivity index (χ3n) is 3.21. The van der Waals surface area contributed by atoms with Gasteiger partial charge >= 0.3 is 0 Å². The largest absolute Gasteiger partial charge is 0.379 e. The number of amides is 1. The Balaban J connectivity index is 2.18. The monoisotopic (exact) mass is 249 g/mol. The summed E-state index contributed by atoms with van der Waals surface area (Å²) in [6.07, 6.45) is 0.829. The van der Waals surface area contributed by atoms with Gasteiger partial charge in [-0.05, 0) is 38.0 Å². The Kier molecular flexibility index (Phi) is 3.54. The van der Waals surface area contributed by atoms with Crippen molar-refractivity contribution >= 4 is 11.6 Å². The fourth-order valence-electron chi connectivity index (χ4n) is 2.08. The van der Waals surface area contributed by atoms with E-state index in [2.05, 4.69) is 10.7 Å². The second-order valence-electron chi connectivity index (χ2n) is 5.01. The minimum absolute atomic E-state index is 0.129. The Labute approximate surface area is 107 Å². The lowest BCUT2D eigenvalue weighted by molar-refractivity contribution is 0.0890. The number of anilines is 1. The Morgan fingerprint density at radius 2 is 2.28 bits per heavy atom. The van der Waals surface area contributed by atoms with Crippen molar-refractivity contribution in [2.24, 2.45) is 5.84 Å². The zero-order valence-corrected chi connectivity index (χ0v) is 10.7. The topological polar surface area (TPSA) is 76.4 Å². The molecule has 1 aromatic rings. The molecule has 98 valence electrons. The van der Waals surface area contributed by atoms with E-state index in [1.54, 1.807) is 6.07 Å². The van der Waals surface area contributed by atoms with E-state index >= 15 is 0 Å². The van der Waals surface area contributed by atoms with Crippen LogP contribution in [0.2, 0.25) is 0 Å². The second-order valence-corrected chi connectivity index (χ2v) is 5.01. The van der Waals surface area contributed by atoms with Gasteiger partial charge in [-0.1, -0.05) is 6.07 Å². The molecule has 0 radical (unpaired) electrons. The average molecular weight is 249 g/mol. The van der Waals surface area contributed by atoms with Crippen molar-refractivity contribution in [2.75, 3.05) is 18.6 Å². The molecule has 1 atom stereocenters. The van der Waals surface area contributed by atoms with Gasteiger partial charge in [0.05, 0.1) is 23.4 Å². The molecule has 0 bridgehead atoms. The van der Waals surface area contributed by atoms with Gasteiger partial charge in [0, 0.05) is 6.61 Å². The minimum Gasteiger partial charge on any atom is -0.379 e. The molecule has 1 saturated heterocycles. The summed E-state index contributed by atoms with van der Waals surface area (Å²) in [6, 6.07) is 5.52. The molecular formula is C13H19N3O2. The first kappa shape index (κ1) is 12.9. The molecule has 0 aromatic heterocycles. The van der Waals surface area contributed by atoms with Gasteiger partial charge in [0.15, 0.2) is 0 Å². The molecule has 5 heteroatoms. The van der Waals surface area contributed by atoms with Crippen LogP contribution >= 0.6 is 0 Å². The van der Waals surface area contributed by atoms with E-state index in [0.717, 1.165) is 12.0 Å². The average Bonchev–Trinajstić information content (AvgIpc) is 2.75. The number of ether oxygens (including phenoxy) is 1. The van der Waals surface area contributed by atoms with Gasteiger partial charge in [-0.25, -0.2) is 0 Å². The van der Waals surface area contributed by atoms with Gasteiger partial charge in [0.1, 0.15) is 0 Å². The number of hydrazine groups is 1. The fourth-order valence-corrected chi connectivity index (χ4v) is 2.08. The summed E-state index contributed by atoms with van der Waals surface area (Å²) < 4.78 is 5.32. The van der Waals surface area contributed by atoms with Crippen molar-refractivity contribution in [1.82, 2.24) is 5.32 Å². The summed E-state index contributed by atoms with van der Waals surface area (Å²) in [7, 11) is 0. The molecule has 1 aliphatic heterocycles. The molecule has 0 spiro atoms. The number of carbonyl (C=O) groups is 1. The number of nitrogens with two attached hydrogens (primary N) is 1. The molecule has 2 rings (SSSR count). The van der Waals surface area contributed by atoms with Crippen LogP contribution in [0.4, 0.5) is 5.69 Å². The van der Waals surface area contributed by atoms with Crippen molar-refractivity contribution in [3.8, 4) is 0 Å². The molecule has 1 unspecified atom stereocenters. The maximum atomic E-state index is 12.2. The van der Waals surface area contributed by atoms with Gasteiger partial charge in [0.25, 0.3) is 5.91 Å². The van der Waals surface area contributed by atoms with Crippen LogP contribution in [0.3, 0.4) is 0 Å². The van der Waals surface area contributed by atoms with Crippen LogP contribution in [0, 0.1) is 6.92 Å². The number of hydrogen-bond acceptors (Lipinski definition) is 4. The lowest BCUT2D eigenvalue weighted by Crippen LogP contribution is -2.46. The SMILES string of the molecule is Cc1ccc(C(=O)NC2(C)CCOC2)c(NN)c1. The summed E-state index contributed by atoms with van der Waals surface area (Å²) in [5.41, 5.74) is 4.52. The highest BCUT2D eigenvalue weighted by Gasteiger charge is 2.31. The third-order valence-corrected chi connectivity index (χ3v) is 3.21. The van der Waals surface area contributed by atoms with Gasteiger partial charge in [0.2, 0.25) is 0 Å². The van der Waals surface area contributed by atoms with E-state index in [1.807, 2.05) is 26.0 Å². The predicted molar refractivity (Wildman–Crippen MR) is 70.3 cm³/mol. The second kappa shape index (κ2) is 4.96. The summed E-state index contributed by atoms with van der Waals surface area (Å²) in [4.78, 5) is 12.2. The molecule has 1 fully saturated rings. The number of carbonyl (C=O) groups excluding carboxylic acids is 1. The van der Waals surface area contributed by atoms with Crippen LogP contribution in [0.1, 0.15) is 29.3 Å². The number of nitrogen functional groups attached to an aromatic ring is 1. The van der Waals surface area contributed by atoms with E-state index in [-0.39, 0.29) is 11.4 Å². The molecule has 1 aromatic carbocycles. The zero-order chi connectivity index (χ0) is 13.2. The molecule has 4 N–H and O–H groups in total. The molecule has 1 amide bonds. The van der Waals surface area contributed by atoms with Crippen LogP contribution < -0.4 is 16.6 Å². The van der Waals surface area contributed by atoms with E-state index in [0.29, 0.717) is 24.5 Å². The first-order chi connectivity index (χ1) is 8.54. The summed E-state index contributed by atoms with van der Waals surface area (Å²) in [5, 5.41) is 3.01. The highest BCUT2D eigenvalue weighted by atomic mass is 16.5. The number of nitrogens with one attached hydrogen (secondary N) is 2. The molecule has 18 heavy (non-hydrogen) atoms. The van der Waals surface area contributed by atoms with Gasteiger partial charge in [-0.15, -0.1) is 0 Å². The highest BCUT2D eigenvalue weighted by Crippen LogP contribution is 2.21. The van der Waals surface area contributed by atoms with Crippen molar-refractivity contribution in [3.05, 3.63) is 29.3 Å². The Hall–Kier alpha value is -1.59. The molecule has 0 aliphatic carbocycles. The van der Waals surface area contributed by atoms with Gasteiger partial charge < -0.3 is 15.5 Å². The Morgan fingerprint density at radius 3 is 2.89 bits per heavy atom. The number of hydrogen-bond donors (Lipinski definition) is 3. The molecule has 1 heterocycles. The lowest BCUT2D eigenvalue weighted by atomic mass is 10.0. The van der Waals surface area contributed by atoms with Crippen molar-refractivity contribution in [2.45, 2.75) is 25.8 Å². The van der Waals surface area contributed by atoms with Crippen LogP contribution in [-0.2, 0) is 4.74 Å². The number of benzene rings is 1. The van der Waals surface area contributed by atoms with Crippen molar-refractivity contribution < 1.29 is 9.53 Å². The molecule has 5 nitrogen and oxygen atoms in total. The minimum atomic E-state index is -0.284. The number of aryl methyl sites for hydroxylation is 1. The summed E-state index contributed by atoms with van der Waals surface area (Å²) in [6.45, 7) is 5.18. The maximum absolute atomic E-state index is 12.2. The Bertz CT molecular complexity index is 454. The fraction of sp³-hybridized carbons (Fsp3) is 0.462. The maximum Gasteiger partial charge on any atom is 0.253 e. The van der Waals surface area contributed by atoms with Crippen LogP contribution in [0.25, 0.3) is 0 Å². The first-order valence-electron chi connectivity index (χ1n) is 6.02. The predicted octanol–water partition coefficient (Wildman–Crippen LogP) is 1.19. The van der Waals surface area contributed by atoms with E-state index in [4.69, 9.17) is 10.6 Å². The van der Waals surface area contributed by atoms with Crippen LogP contribution in [0.5, 0.6) is 0 Å². The van der Waals surface area contributed by atoms with Crippen LogP contribution in [-0.4, -0.2) is 24.7 Å². The van der Waals surface area contributed by atoms with Crippen molar-refractivity contribution in [1.29, 1.82) is 0 Å². The summed E-state index contributed by atoms with van der Waals surface area (Å²) >= 11 is 0. The number of rotatable bonds is 3. The Morgan fingerprint density at radius 1 is 1.50 bits per heavy atom. The normalized spacial score (nSPS) is 22.8. The van der Waals surface area contributed by atoms with Gasteiger partial charge in [-0.2, -0.15) is 0 Å². The third kappa shape index (κ3) is 2.63. The quantitative estimate of drug-likeness (QED) is 0.555. The summed E-state index contributed by atoms with van der Waals surface area (Å²) in [5.74, 6) is 5.31. The zero-order valence-electron chi connectivity index (χ0n) is 10.7. The molecular weight excluding hydrogens is 230 g/mol. The highest BCUT2D eigenvalue weighted by molar-refractivity contribution is 6.00. The van der Waals surface area contributed by atoms with Crippen molar-refractivity contribution in [3.63, 3.8) is 0 Å². The lowest BCUT2D eigenvalue weighted by Gasteiger charge is -2.24. The first-order valence-corrected chi connectivity index (χ1v) is 6.02. The standard InChI is InChI=1S/C13H19N3O2/c1-9-3-4-10(11(7-9)16-14)12(17)15-13(2)5-6-18-8-13/h3-4,7,16H,5-6,8,14H2,1-2H3,(H,15,17). The van der Waals surface area contributed by atoms with E-state index < -0.39 is 0 Å². The van der Waals surface area contributed by atoms with Crippen LogP contribution in [0.15, 0.2) is 18.2 Å². The molecule has 1 aliphatic rings.